The number of rotatable bonds is 3. The molecule has 0 aliphatic carbocycles. The number of nitrogens with one attached hydrogen (secondary N) is 1. The highest BCUT2D eigenvalue weighted by atomic mass is 15.0. The molecule has 1 nitrogen and oxygen atoms in total. The highest BCUT2D eigenvalue weighted by Crippen LogP contribution is 2.23. The van der Waals surface area contributed by atoms with Crippen molar-refractivity contribution >= 4 is 0 Å². The molecule has 1 N–H and O–H groups in total. The lowest BCUT2D eigenvalue weighted by Crippen LogP contribution is -2.55. The summed E-state index contributed by atoms with van der Waals surface area (Å²) in [5, 5.41) is 3.61. The molecule has 0 aromatic heterocycles. The maximum Gasteiger partial charge on any atom is 0.0107 e. The minimum absolute atomic E-state index is 0.804. The zero-order valence-corrected chi connectivity index (χ0v) is 8.22. The van der Waals surface area contributed by atoms with Gasteiger partial charge in [-0.2, -0.15) is 0 Å². The summed E-state index contributed by atoms with van der Waals surface area (Å²) < 4.78 is 0. The van der Waals surface area contributed by atoms with Gasteiger partial charge >= 0.3 is 0 Å². The van der Waals surface area contributed by atoms with Gasteiger partial charge in [0, 0.05) is 12.1 Å². The molecule has 2 unspecified atom stereocenters. The van der Waals surface area contributed by atoms with Crippen molar-refractivity contribution in [2.75, 3.05) is 0 Å². The molecule has 1 aliphatic rings. The van der Waals surface area contributed by atoms with Crippen LogP contribution in [0.2, 0.25) is 0 Å². The molecule has 1 fully saturated rings. The van der Waals surface area contributed by atoms with Crippen molar-refractivity contribution in [2.45, 2.75) is 52.6 Å². The predicted octanol–water partition coefficient (Wildman–Crippen LogP) is 2.42. The van der Waals surface area contributed by atoms with Gasteiger partial charge in [-0.25, -0.2) is 0 Å². The third kappa shape index (κ3) is 2.48. The summed E-state index contributed by atoms with van der Waals surface area (Å²) in [5.74, 6) is 1.67. The Hall–Kier alpha value is -0.0400. The van der Waals surface area contributed by atoms with E-state index < -0.39 is 0 Å². The normalized spacial score (nSPS) is 31.1. The minimum Gasteiger partial charge on any atom is -0.311 e. The molecule has 1 saturated heterocycles. The van der Waals surface area contributed by atoms with Gasteiger partial charge in [-0.15, -0.1) is 0 Å². The van der Waals surface area contributed by atoms with Crippen molar-refractivity contribution in [2.24, 2.45) is 11.8 Å². The molecule has 0 aromatic carbocycles. The monoisotopic (exact) mass is 155 g/mol. The van der Waals surface area contributed by atoms with E-state index >= 15 is 0 Å². The zero-order valence-electron chi connectivity index (χ0n) is 8.22. The maximum absolute atomic E-state index is 3.61. The van der Waals surface area contributed by atoms with E-state index in [1.807, 2.05) is 0 Å². The van der Waals surface area contributed by atoms with E-state index in [1.54, 1.807) is 0 Å². The van der Waals surface area contributed by atoms with Gasteiger partial charge in [0.1, 0.15) is 0 Å². The topological polar surface area (TPSA) is 12.0 Å². The van der Waals surface area contributed by atoms with Gasteiger partial charge in [0.05, 0.1) is 0 Å². The van der Waals surface area contributed by atoms with Gasteiger partial charge in [-0.1, -0.05) is 27.7 Å². The Labute approximate surface area is 70.6 Å². The molecule has 2 atom stereocenters. The van der Waals surface area contributed by atoms with Gasteiger partial charge in [-0.3, -0.25) is 0 Å². The maximum atomic E-state index is 3.61. The zero-order chi connectivity index (χ0) is 8.43. The molecule has 0 radical (unpaired) electrons. The van der Waals surface area contributed by atoms with Crippen LogP contribution in [0.15, 0.2) is 0 Å². The first-order chi connectivity index (χ1) is 5.09. The molecular formula is C10H21N. The quantitative estimate of drug-likeness (QED) is 0.660. The molecule has 0 amide bonds. The van der Waals surface area contributed by atoms with Gasteiger partial charge < -0.3 is 5.32 Å². The standard InChI is InChI=1S/C10H21N/c1-7(2)5-9-6-10(11-9)8(3)4/h7-11H,5-6H2,1-4H3. The summed E-state index contributed by atoms with van der Waals surface area (Å²) in [6.07, 6.45) is 2.75. The average molecular weight is 155 g/mol. The fourth-order valence-corrected chi connectivity index (χ4v) is 1.78. The SMILES string of the molecule is CC(C)CC1CC(C(C)C)N1. The number of hydrogen-bond acceptors (Lipinski definition) is 1. The van der Waals surface area contributed by atoms with Crippen LogP contribution in [-0.2, 0) is 0 Å². The van der Waals surface area contributed by atoms with Crippen LogP contribution in [-0.4, -0.2) is 12.1 Å². The molecule has 1 heteroatoms. The first kappa shape index (κ1) is 9.05. The summed E-state index contributed by atoms with van der Waals surface area (Å²) in [6.45, 7) is 9.18. The van der Waals surface area contributed by atoms with Crippen molar-refractivity contribution in [3.8, 4) is 0 Å². The van der Waals surface area contributed by atoms with E-state index in [-0.39, 0.29) is 0 Å². The van der Waals surface area contributed by atoms with Gasteiger partial charge in [0.15, 0.2) is 0 Å². The van der Waals surface area contributed by atoms with E-state index in [2.05, 4.69) is 33.0 Å². The van der Waals surface area contributed by atoms with Crippen LogP contribution < -0.4 is 5.32 Å². The Bertz CT molecular complexity index is 112. The van der Waals surface area contributed by atoms with Crippen LogP contribution in [0, 0.1) is 11.8 Å². The molecule has 0 aromatic rings. The van der Waals surface area contributed by atoms with Crippen LogP contribution >= 0.6 is 0 Å². The second kappa shape index (κ2) is 3.57. The molecule has 0 bridgehead atoms. The first-order valence-electron chi connectivity index (χ1n) is 4.85. The van der Waals surface area contributed by atoms with Crippen LogP contribution in [0.3, 0.4) is 0 Å². The van der Waals surface area contributed by atoms with Gasteiger partial charge in [0.25, 0.3) is 0 Å². The van der Waals surface area contributed by atoms with E-state index in [0.717, 1.165) is 23.9 Å². The van der Waals surface area contributed by atoms with Gasteiger partial charge in [0.2, 0.25) is 0 Å². The van der Waals surface area contributed by atoms with Crippen molar-refractivity contribution < 1.29 is 0 Å². The molecule has 1 aliphatic heterocycles. The fourth-order valence-electron chi connectivity index (χ4n) is 1.78. The largest absolute Gasteiger partial charge is 0.311 e. The first-order valence-corrected chi connectivity index (χ1v) is 4.85. The highest BCUT2D eigenvalue weighted by Gasteiger charge is 2.29. The Morgan fingerprint density at radius 3 is 2.18 bits per heavy atom. The Morgan fingerprint density at radius 2 is 1.82 bits per heavy atom. The van der Waals surface area contributed by atoms with Crippen molar-refractivity contribution in [3.05, 3.63) is 0 Å². The smallest absolute Gasteiger partial charge is 0.0107 e. The van der Waals surface area contributed by atoms with E-state index in [9.17, 15) is 0 Å². The molecule has 1 heterocycles. The van der Waals surface area contributed by atoms with Crippen LogP contribution in [0.4, 0.5) is 0 Å². The average Bonchev–Trinajstić information content (AvgIpc) is 1.75. The van der Waals surface area contributed by atoms with Crippen LogP contribution in [0.25, 0.3) is 0 Å². The summed E-state index contributed by atoms with van der Waals surface area (Å²) in [5.41, 5.74) is 0. The van der Waals surface area contributed by atoms with Crippen molar-refractivity contribution in [1.29, 1.82) is 0 Å². The van der Waals surface area contributed by atoms with Crippen LogP contribution in [0.5, 0.6) is 0 Å². The summed E-state index contributed by atoms with van der Waals surface area (Å²) in [7, 11) is 0. The number of hydrogen-bond donors (Lipinski definition) is 1. The lowest BCUT2D eigenvalue weighted by molar-refractivity contribution is 0.187. The van der Waals surface area contributed by atoms with E-state index in [1.165, 1.54) is 12.8 Å². The summed E-state index contributed by atoms with van der Waals surface area (Å²) >= 11 is 0. The molecule has 0 saturated carbocycles. The lowest BCUT2D eigenvalue weighted by atomic mass is 9.84. The highest BCUT2D eigenvalue weighted by molar-refractivity contribution is 4.90. The van der Waals surface area contributed by atoms with E-state index in [0.29, 0.717) is 0 Å². The second-order valence-electron chi connectivity index (χ2n) is 4.58. The third-order valence-corrected chi connectivity index (χ3v) is 2.55. The summed E-state index contributed by atoms with van der Waals surface area (Å²) in [6, 6.07) is 1.63. The minimum atomic E-state index is 0.804. The lowest BCUT2D eigenvalue weighted by Gasteiger charge is -2.40. The van der Waals surface area contributed by atoms with Crippen molar-refractivity contribution in [3.63, 3.8) is 0 Å². The van der Waals surface area contributed by atoms with Gasteiger partial charge in [-0.05, 0) is 24.7 Å². The molecule has 11 heavy (non-hydrogen) atoms. The van der Waals surface area contributed by atoms with Crippen molar-refractivity contribution in [1.82, 2.24) is 5.32 Å². The third-order valence-electron chi connectivity index (χ3n) is 2.55. The fraction of sp³-hybridized carbons (Fsp3) is 1.00. The Morgan fingerprint density at radius 1 is 1.27 bits per heavy atom. The summed E-state index contributed by atoms with van der Waals surface area (Å²) in [4.78, 5) is 0. The molecular weight excluding hydrogens is 134 g/mol. The van der Waals surface area contributed by atoms with Crippen LogP contribution in [0.1, 0.15) is 40.5 Å². The van der Waals surface area contributed by atoms with E-state index in [4.69, 9.17) is 0 Å². The molecule has 66 valence electrons. The molecule has 1 rings (SSSR count). The predicted molar refractivity (Wildman–Crippen MR) is 49.6 cm³/mol. The second-order valence-corrected chi connectivity index (χ2v) is 4.58. The molecule has 0 spiro atoms. The Balaban J connectivity index is 2.09. The Kier molecular flexibility index (Phi) is 2.94.